The number of aromatic nitrogens is 2. The number of nitrogens with zero attached hydrogens (tertiary/aromatic N) is 4. The van der Waals surface area contributed by atoms with Gasteiger partial charge in [0.05, 0.1) is 6.54 Å². The largest absolute Gasteiger partial charge is 0.385 e. The van der Waals surface area contributed by atoms with Crippen molar-refractivity contribution in [1.29, 1.82) is 0 Å². The van der Waals surface area contributed by atoms with Crippen molar-refractivity contribution in [3.63, 3.8) is 0 Å². The second-order valence-corrected chi connectivity index (χ2v) is 5.91. The average Bonchev–Trinajstić information content (AvgIpc) is 2.51. The molecule has 1 saturated heterocycles. The van der Waals surface area contributed by atoms with Gasteiger partial charge in [0.15, 0.2) is 0 Å². The van der Waals surface area contributed by atoms with Gasteiger partial charge in [-0.05, 0) is 26.3 Å². The number of nitrogens with one attached hydrogen (secondary N) is 1. The number of hydrogen-bond donors (Lipinski definition) is 1. The van der Waals surface area contributed by atoms with Gasteiger partial charge in [0.2, 0.25) is 11.9 Å². The van der Waals surface area contributed by atoms with E-state index in [4.69, 9.17) is 4.74 Å². The van der Waals surface area contributed by atoms with E-state index in [0.29, 0.717) is 19.7 Å². The van der Waals surface area contributed by atoms with Crippen molar-refractivity contribution in [3.8, 4) is 0 Å². The summed E-state index contributed by atoms with van der Waals surface area (Å²) in [5, 5.41) is 2.92. The van der Waals surface area contributed by atoms with Crippen molar-refractivity contribution in [2.45, 2.75) is 20.3 Å². The Kier molecular flexibility index (Phi) is 6.73. The first-order chi connectivity index (χ1) is 11.1. The monoisotopic (exact) mass is 321 g/mol. The number of amides is 1. The molecule has 1 aromatic heterocycles. The van der Waals surface area contributed by atoms with Crippen molar-refractivity contribution in [3.05, 3.63) is 17.5 Å². The fraction of sp³-hybridized carbons (Fsp3) is 0.688. The van der Waals surface area contributed by atoms with Crippen LogP contribution in [0.1, 0.15) is 17.8 Å². The third-order valence-electron chi connectivity index (χ3n) is 3.84. The van der Waals surface area contributed by atoms with Gasteiger partial charge < -0.3 is 15.0 Å². The van der Waals surface area contributed by atoms with E-state index in [1.54, 1.807) is 7.11 Å². The number of carbonyl (C=O) groups is 1. The van der Waals surface area contributed by atoms with Gasteiger partial charge >= 0.3 is 0 Å². The lowest BCUT2D eigenvalue weighted by molar-refractivity contribution is -0.122. The Morgan fingerprint density at radius 1 is 1.22 bits per heavy atom. The Balaban J connectivity index is 1.74. The topological polar surface area (TPSA) is 70.6 Å². The molecule has 0 radical (unpaired) electrons. The summed E-state index contributed by atoms with van der Waals surface area (Å²) in [6.07, 6.45) is 0.847. The minimum Gasteiger partial charge on any atom is -0.385 e. The van der Waals surface area contributed by atoms with E-state index in [-0.39, 0.29) is 5.91 Å². The zero-order chi connectivity index (χ0) is 16.7. The van der Waals surface area contributed by atoms with Crippen LogP contribution in [0.25, 0.3) is 0 Å². The van der Waals surface area contributed by atoms with Gasteiger partial charge in [0, 0.05) is 57.8 Å². The summed E-state index contributed by atoms with van der Waals surface area (Å²) >= 11 is 0. The molecule has 7 heteroatoms. The molecule has 1 N–H and O–H groups in total. The molecule has 1 aromatic rings. The molecule has 2 rings (SSSR count). The Morgan fingerprint density at radius 3 is 2.48 bits per heavy atom. The number of piperazine rings is 1. The molecule has 1 aliphatic heterocycles. The average molecular weight is 321 g/mol. The first-order valence-corrected chi connectivity index (χ1v) is 8.13. The molecule has 1 aliphatic rings. The van der Waals surface area contributed by atoms with Gasteiger partial charge in [-0.1, -0.05) is 0 Å². The number of anilines is 1. The maximum atomic E-state index is 11.9. The zero-order valence-electron chi connectivity index (χ0n) is 14.3. The molecular formula is C16H27N5O2. The van der Waals surface area contributed by atoms with E-state index in [9.17, 15) is 4.79 Å². The first kappa shape index (κ1) is 17.6. The van der Waals surface area contributed by atoms with Crippen molar-refractivity contribution in [1.82, 2.24) is 20.2 Å². The summed E-state index contributed by atoms with van der Waals surface area (Å²) in [5.74, 6) is 0.878. The summed E-state index contributed by atoms with van der Waals surface area (Å²) in [7, 11) is 1.67. The van der Waals surface area contributed by atoms with E-state index < -0.39 is 0 Å². The van der Waals surface area contributed by atoms with Gasteiger partial charge in [0.1, 0.15) is 0 Å². The van der Waals surface area contributed by atoms with E-state index >= 15 is 0 Å². The molecule has 23 heavy (non-hydrogen) atoms. The Morgan fingerprint density at radius 2 is 1.87 bits per heavy atom. The molecule has 128 valence electrons. The van der Waals surface area contributed by atoms with Crippen molar-refractivity contribution < 1.29 is 9.53 Å². The van der Waals surface area contributed by atoms with Crippen LogP contribution >= 0.6 is 0 Å². The van der Waals surface area contributed by atoms with Crippen LogP contribution in [0.2, 0.25) is 0 Å². The van der Waals surface area contributed by atoms with Crippen LogP contribution in [-0.2, 0) is 9.53 Å². The molecule has 2 heterocycles. The highest BCUT2D eigenvalue weighted by Crippen LogP contribution is 2.12. The van der Waals surface area contributed by atoms with Gasteiger partial charge in [0.25, 0.3) is 0 Å². The number of ether oxygens (including phenoxy) is 1. The van der Waals surface area contributed by atoms with Crippen LogP contribution in [-0.4, -0.2) is 73.8 Å². The van der Waals surface area contributed by atoms with Crippen LogP contribution in [0.3, 0.4) is 0 Å². The Labute approximate surface area is 138 Å². The second kappa shape index (κ2) is 8.79. The number of hydrogen-bond acceptors (Lipinski definition) is 6. The van der Waals surface area contributed by atoms with Crippen LogP contribution in [0.4, 0.5) is 5.95 Å². The summed E-state index contributed by atoms with van der Waals surface area (Å²) in [6, 6.07) is 1.98. The van der Waals surface area contributed by atoms with E-state index in [1.165, 1.54) is 0 Å². The molecule has 1 amide bonds. The van der Waals surface area contributed by atoms with Crippen LogP contribution in [0, 0.1) is 13.8 Å². The lowest BCUT2D eigenvalue weighted by atomic mass is 10.3. The Bertz CT molecular complexity index is 495. The molecule has 1 fully saturated rings. The maximum absolute atomic E-state index is 11.9. The fourth-order valence-corrected chi connectivity index (χ4v) is 2.66. The third-order valence-corrected chi connectivity index (χ3v) is 3.84. The quantitative estimate of drug-likeness (QED) is 0.732. The van der Waals surface area contributed by atoms with E-state index in [0.717, 1.165) is 49.9 Å². The smallest absolute Gasteiger partial charge is 0.234 e. The van der Waals surface area contributed by atoms with Gasteiger partial charge in [-0.15, -0.1) is 0 Å². The molecule has 0 bridgehead atoms. The van der Waals surface area contributed by atoms with Crippen LogP contribution in [0.5, 0.6) is 0 Å². The van der Waals surface area contributed by atoms with Gasteiger partial charge in [-0.25, -0.2) is 9.97 Å². The van der Waals surface area contributed by atoms with Crippen molar-refractivity contribution >= 4 is 11.9 Å². The molecule has 0 spiro atoms. The standard InChI is InChI=1S/C16H27N5O2/c1-13-11-14(2)19-16(18-13)21-8-6-20(7-9-21)12-15(22)17-5-4-10-23-3/h11H,4-10,12H2,1-3H3,(H,17,22). The van der Waals surface area contributed by atoms with E-state index in [2.05, 4.69) is 25.1 Å². The SMILES string of the molecule is COCCCNC(=O)CN1CCN(c2nc(C)cc(C)n2)CC1. The zero-order valence-corrected chi connectivity index (χ0v) is 14.3. The predicted octanol–water partition coefficient (Wildman–Crippen LogP) is 0.368. The summed E-state index contributed by atoms with van der Waals surface area (Å²) in [4.78, 5) is 25.3. The third kappa shape index (κ3) is 5.76. The second-order valence-electron chi connectivity index (χ2n) is 5.91. The summed E-state index contributed by atoms with van der Waals surface area (Å²) in [5.41, 5.74) is 1.98. The van der Waals surface area contributed by atoms with Crippen molar-refractivity contribution in [2.24, 2.45) is 0 Å². The molecular weight excluding hydrogens is 294 g/mol. The van der Waals surface area contributed by atoms with Gasteiger partial charge in [-0.3, -0.25) is 9.69 Å². The molecule has 0 saturated carbocycles. The minimum absolute atomic E-state index is 0.0807. The minimum atomic E-state index is 0.0807. The number of rotatable bonds is 7. The number of methoxy groups -OCH3 is 1. The maximum Gasteiger partial charge on any atom is 0.234 e. The fourth-order valence-electron chi connectivity index (χ4n) is 2.66. The molecule has 0 atom stereocenters. The summed E-state index contributed by atoms with van der Waals surface area (Å²) < 4.78 is 4.97. The Hall–Kier alpha value is -1.73. The lowest BCUT2D eigenvalue weighted by Crippen LogP contribution is -2.50. The molecule has 0 aromatic carbocycles. The van der Waals surface area contributed by atoms with E-state index in [1.807, 2.05) is 19.9 Å². The first-order valence-electron chi connectivity index (χ1n) is 8.13. The number of aryl methyl sites for hydroxylation is 2. The van der Waals surface area contributed by atoms with Crippen molar-refractivity contribution in [2.75, 3.05) is 57.9 Å². The highest BCUT2D eigenvalue weighted by atomic mass is 16.5. The normalized spacial score (nSPS) is 15.7. The summed E-state index contributed by atoms with van der Waals surface area (Å²) in [6.45, 7) is 9.17. The highest BCUT2D eigenvalue weighted by molar-refractivity contribution is 5.78. The highest BCUT2D eigenvalue weighted by Gasteiger charge is 2.20. The molecule has 0 aliphatic carbocycles. The van der Waals surface area contributed by atoms with Crippen LogP contribution in [0.15, 0.2) is 6.07 Å². The predicted molar refractivity (Wildman–Crippen MR) is 89.7 cm³/mol. The number of carbonyl (C=O) groups excluding carboxylic acids is 1. The molecule has 7 nitrogen and oxygen atoms in total. The molecule has 0 unspecified atom stereocenters. The van der Waals surface area contributed by atoms with Crippen LogP contribution < -0.4 is 10.2 Å². The van der Waals surface area contributed by atoms with Gasteiger partial charge in [-0.2, -0.15) is 0 Å². The lowest BCUT2D eigenvalue weighted by Gasteiger charge is -2.34.